The summed E-state index contributed by atoms with van der Waals surface area (Å²) in [6.45, 7) is 22.1. The molecule has 0 saturated heterocycles. The number of nitrogens with zero attached hydrogens (tertiary/aromatic N) is 5. The minimum absolute atomic E-state index is 0. The van der Waals surface area contributed by atoms with Crippen LogP contribution in [0.5, 0.6) is 0 Å². The highest BCUT2D eigenvalue weighted by Crippen LogP contribution is 2.42. The van der Waals surface area contributed by atoms with Gasteiger partial charge < -0.3 is 48.7 Å². The topological polar surface area (TPSA) is 407 Å². The number of benzene rings is 6. The number of nitrogens with two attached hydrogens (primary N) is 2. The SMILES string of the molecule is C.C.C.C.C.C.C.CC(=O)CS.CC1=Cc2cc([N+](=O)[O-])ccc2S1=O.CC1CNc2c(sc3ccc(N)cc23)C(=O)N1.CNC(C)CN.CNC(C)CNc1c(C)sc2ccc([N+](=O)[O-])cc12.Cc1cc2cc([N+](=O)[O-])ccc2s1.Cc1ccc([N+](=O)[O-])cc1C=O.Cc1ccc2c(ccc3sc4c(c32)NCC(C)NC4=O)n1. The van der Waals surface area contributed by atoms with E-state index in [1.54, 1.807) is 79.0 Å². The van der Waals surface area contributed by atoms with Gasteiger partial charge in [0.25, 0.3) is 34.6 Å². The largest absolute Gasteiger partial charge is 0.399 e. The van der Waals surface area contributed by atoms with Crippen LogP contribution in [0.15, 0.2) is 131 Å². The molecule has 0 spiro atoms. The molecular formula is C81H112N14O13S6. The van der Waals surface area contributed by atoms with E-state index in [1.807, 2.05) is 98.1 Å². The van der Waals surface area contributed by atoms with Crippen LogP contribution in [0.1, 0.15) is 150 Å². The molecular weight excluding hydrogens is 1570 g/mol. The lowest BCUT2D eigenvalue weighted by molar-refractivity contribution is -0.385. The number of likely N-dealkylation sites (N-methyl/N-ethyl adjacent to an activating group) is 2. The number of thiophene rings is 4. The molecule has 3 aliphatic rings. The van der Waals surface area contributed by atoms with Crippen molar-refractivity contribution in [1.82, 2.24) is 26.3 Å². The maximum atomic E-state index is 12.3. The van der Waals surface area contributed by atoms with Crippen LogP contribution in [0.25, 0.3) is 57.3 Å². The fourth-order valence-electron chi connectivity index (χ4n) is 10.4. The number of pyridine rings is 1. The monoisotopic (exact) mass is 1680 g/mol. The molecule has 6 aromatic carbocycles. The van der Waals surface area contributed by atoms with Gasteiger partial charge in [-0.3, -0.25) is 64.6 Å². The molecule has 11 N–H and O–H groups in total. The van der Waals surface area contributed by atoms with Crippen molar-refractivity contribution in [3.05, 3.63) is 209 Å². The Kier molecular flexibility index (Phi) is 43.8. The fourth-order valence-corrected chi connectivity index (χ4v) is 15.6. The first-order valence-corrected chi connectivity index (χ1v) is 38.4. The number of non-ortho nitro benzene ring substituents is 4. The average molecular weight is 1680 g/mol. The molecule has 5 aromatic heterocycles. The number of aldehydes is 1. The number of anilines is 4. The van der Waals surface area contributed by atoms with Gasteiger partial charge in [0.05, 0.1) is 58.0 Å². The third-order valence-electron chi connectivity index (χ3n) is 16.4. The van der Waals surface area contributed by atoms with Crippen molar-refractivity contribution in [2.75, 3.05) is 67.7 Å². The van der Waals surface area contributed by atoms with E-state index in [4.69, 9.17) is 11.5 Å². The summed E-state index contributed by atoms with van der Waals surface area (Å²) in [5, 5.41) is 69.4. The average Bonchev–Trinajstić information content (AvgIpc) is 1.60. The lowest BCUT2D eigenvalue weighted by atomic mass is 10.1. The van der Waals surface area contributed by atoms with E-state index < -0.39 is 20.6 Å². The maximum absolute atomic E-state index is 12.3. The molecule has 2 amide bonds. The number of thiol groups is 1. The van der Waals surface area contributed by atoms with Crippen molar-refractivity contribution in [2.24, 2.45) is 5.73 Å². The molecule has 27 nitrogen and oxygen atoms in total. The summed E-state index contributed by atoms with van der Waals surface area (Å²) >= 11 is 10.0. The summed E-state index contributed by atoms with van der Waals surface area (Å²) in [4.78, 5) is 94.6. The smallest absolute Gasteiger partial charge is 0.270 e. The van der Waals surface area contributed by atoms with Crippen LogP contribution < -0.4 is 48.7 Å². The highest BCUT2D eigenvalue weighted by atomic mass is 32.2. The second-order valence-corrected chi connectivity index (χ2v) is 31.5. The van der Waals surface area contributed by atoms with Crippen molar-refractivity contribution in [3.63, 3.8) is 0 Å². The van der Waals surface area contributed by atoms with Crippen molar-refractivity contribution in [3.8, 4) is 0 Å². The first kappa shape index (κ1) is 104. The van der Waals surface area contributed by atoms with Gasteiger partial charge in [0.2, 0.25) is 0 Å². The number of ketones is 1. The zero-order valence-corrected chi connectivity index (χ0v) is 65.7. The number of hydrogen-bond acceptors (Lipinski definition) is 26. The minimum Gasteiger partial charge on any atom is -0.399 e. The Morgan fingerprint density at radius 3 is 1.68 bits per heavy atom. The number of nitro benzene ring substituents is 4. The van der Waals surface area contributed by atoms with Gasteiger partial charge in [0, 0.05) is 177 Å². The number of fused-ring (bicyclic) bond motifs is 11. The van der Waals surface area contributed by atoms with Crippen molar-refractivity contribution < 1.29 is 43.1 Å². The van der Waals surface area contributed by atoms with E-state index in [-0.39, 0.29) is 114 Å². The Balaban J connectivity index is 0.00000130. The molecule has 14 rings (SSSR count). The van der Waals surface area contributed by atoms with Crippen LogP contribution in [0.3, 0.4) is 0 Å². The maximum Gasteiger partial charge on any atom is 0.270 e. The molecule has 5 atom stereocenters. The lowest BCUT2D eigenvalue weighted by Crippen LogP contribution is -2.34. The molecule has 3 aliphatic heterocycles. The quantitative estimate of drug-likeness (QED) is 0.0178. The van der Waals surface area contributed by atoms with Crippen LogP contribution in [0, 0.1) is 68.2 Å². The van der Waals surface area contributed by atoms with E-state index >= 15 is 0 Å². The van der Waals surface area contributed by atoms with Gasteiger partial charge in [-0.1, -0.05) is 64.1 Å². The number of carbonyl (C=O) groups is 4. The van der Waals surface area contributed by atoms with Crippen LogP contribution in [-0.4, -0.2) is 123 Å². The Morgan fingerprint density at radius 1 is 0.632 bits per heavy atom. The molecule has 0 fully saturated rings. The third-order valence-corrected chi connectivity index (χ3v) is 22.8. The zero-order valence-electron chi connectivity index (χ0n) is 60.7. The fraction of sp³-hybridized carbons (Fsp3) is 0.346. The predicted octanol–water partition coefficient (Wildman–Crippen LogP) is 19.9. The Bertz CT molecular complexity index is 5190. The summed E-state index contributed by atoms with van der Waals surface area (Å²) in [7, 11) is 2.69. The van der Waals surface area contributed by atoms with Gasteiger partial charge in [-0.05, 0) is 167 Å². The van der Waals surface area contributed by atoms with E-state index in [2.05, 4.69) is 73.9 Å². The number of Topliss-reactive ketones (excluding diaryl/α,β-unsaturated/α-hetero) is 1. The van der Waals surface area contributed by atoms with Gasteiger partial charge in [-0.15, -0.1) is 45.3 Å². The first-order chi connectivity index (χ1) is 50.8. The van der Waals surface area contributed by atoms with E-state index in [1.165, 1.54) is 64.8 Å². The molecule has 620 valence electrons. The number of amides is 2. The normalized spacial score (nSPS) is 13.9. The van der Waals surface area contributed by atoms with Gasteiger partial charge in [-0.2, -0.15) is 12.6 Å². The first-order valence-electron chi connectivity index (χ1n) is 33.3. The molecule has 0 radical (unpaired) electrons. The van der Waals surface area contributed by atoms with E-state index in [0.717, 1.165) is 131 Å². The number of nitro groups is 4. The van der Waals surface area contributed by atoms with Gasteiger partial charge >= 0.3 is 0 Å². The molecule has 0 aliphatic carbocycles. The summed E-state index contributed by atoms with van der Waals surface area (Å²) < 4.78 is 15.9. The number of rotatable bonds is 12. The number of allylic oxidation sites excluding steroid dienone is 1. The number of aryl methyl sites for hydroxylation is 4. The van der Waals surface area contributed by atoms with Crippen molar-refractivity contribution in [2.45, 2.75) is 150 Å². The molecule has 33 heteroatoms. The number of nitrogens with one attached hydrogen (secondary N) is 7. The van der Waals surface area contributed by atoms with Gasteiger partial charge in [0.15, 0.2) is 6.29 Å². The van der Waals surface area contributed by atoms with Crippen LogP contribution in [0.4, 0.5) is 45.5 Å². The predicted molar refractivity (Wildman–Crippen MR) is 488 cm³/mol. The summed E-state index contributed by atoms with van der Waals surface area (Å²) in [5.74, 6) is 0.488. The van der Waals surface area contributed by atoms with Gasteiger partial charge in [0.1, 0.15) is 15.5 Å². The second kappa shape index (κ2) is 48.1. The zero-order chi connectivity index (χ0) is 78.7. The highest BCUT2D eigenvalue weighted by molar-refractivity contribution is 7.89. The van der Waals surface area contributed by atoms with Crippen molar-refractivity contribution >= 4 is 195 Å². The summed E-state index contributed by atoms with van der Waals surface area (Å²) in [5.41, 5.74) is 18.7. The Morgan fingerprint density at radius 2 is 1.13 bits per heavy atom. The summed E-state index contributed by atoms with van der Waals surface area (Å²) in [6, 6.07) is 35.5. The number of hydrogen-bond donors (Lipinski definition) is 10. The third kappa shape index (κ3) is 27.5. The van der Waals surface area contributed by atoms with E-state index in [9.17, 15) is 63.8 Å². The highest BCUT2D eigenvalue weighted by Gasteiger charge is 2.27. The lowest BCUT2D eigenvalue weighted by Gasteiger charge is -2.12. The standard InChI is InChI=1S/C16H15N3OS.C13H17N3O2S.C12H13N3OS.C9H7NO3S.C9H7NO2S.C8H7NO3.C4H12N2.C3H6OS.7CH4/c1-8-3-4-10-11(18-8)5-6-12-13(10)14-15(21-12)16(20)19-9(2)7-17-14;1-8(14-3)7-15-13-9(2)19-12-5-4-10(16(17)18)6-11(12)13;1-6-5-14-10-8-4-7(13)2-3-9(8)17-11(10)12(16)15-6;1-6-4-7-5-8(10(11)12)2-3-9(7)14(6)13;1-6-4-7-5-8(10(11)12)2-3-9(7)13-6;1-6-2-3-8(9(11)12)4-7(6)5-10;1-4(3-5)6-2;1-3(4)2-5;;;;;;;/h3-6,9,17H,7H2,1-2H3,(H,19,20);4-6,8,14-15H,7H2,1-3H3;2-4,6,14H,5,13H2,1H3,(H,15,16);2-5H,1H3;2-5H,1H3;2-5H,1H3;4,6H,3,5H2,1-2H3;5H,2H2,1H3;7*1H4. The number of carbonyl (C=O) groups excluding carboxylic acids is 4. The molecule has 0 bridgehead atoms. The molecule has 8 heterocycles. The van der Waals surface area contributed by atoms with E-state index in [0.29, 0.717) is 40.1 Å². The molecule has 0 saturated carbocycles. The minimum atomic E-state index is -1.13. The summed E-state index contributed by atoms with van der Waals surface area (Å²) in [6.07, 6.45) is 2.33. The van der Waals surface area contributed by atoms with Crippen LogP contribution in [0.2, 0.25) is 0 Å². The molecule has 5 unspecified atom stereocenters. The van der Waals surface area contributed by atoms with Gasteiger partial charge in [-0.25, -0.2) is 4.21 Å². The van der Waals surface area contributed by atoms with Crippen LogP contribution >= 0.6 is 58.0 Å². The number of aromatic nitrogens is 1. The molecule has 11 aromatic rings. The molecule has 114 heavy (non-hydrogen) atoms. The van der Waals surface area contributed by atoms with Crippen molar-refractivity contribution in [1.29, 1.82) is 0 Å². The Labute approximate surface area is 692 Å². The Hall–Kier alpha value is -10.2. The second-order valence-electron chi connectivity index (χ2n) is 24.9. The number of nitrogen functional groups attached to an aromatic ring is 1. The van der Waals surface area contributed by atoms with Crippen LogP contribution in [-0.2, 0) is 15.6 Å².